The van der Waals surface area contributed by atoms with Crippen LogP contribution >= 0.6 is 7.92 Å². The van der Waals surface area contributed by atoms with Crippen molar-refractivity contribution < 1.29 is 0 Å². The molecule has 0 saturated heterocycles. The lowest BCUT2D eigenvalue weighted by molar-refractivity contribution is 0.232. The molecule has 0 aromatic heterocycles. The quantitative estimate of drug-likeness (QED) is 0.743. The summed E-state index contributed by atoms with van der Waals surface area (Å²) in [6.45, 7) is 2.41. The number of nitrogens with zero attached hydrogens (tertiary/aromatic N) is 1. The summed E-state index contributed by atoms with van der Waals surface area (Å²) in [6, 6.07) is 23.1. The molecule has 2 aromatic carbocycles. The normalized spacial score (nSPS) is 22.7. The van der Waals surface area contributed by atoms with Crippen LogP contribution in [0.25, 0.3) is 0 Å². The van der Waals surface area contributed by atoms with Crippen molar-refractivity contribution in [2.24, 2.45) is 5.92 Å². The highest BCUT2D eigenvalue weighted by Gasteiger charge is 2.38. The zero-order chi connectivity index (χ0) is 16.2. The second-order valence-electron chi connectivity index (χ2n) is 6.91. The van der Waals surface area contributed by atoms with E-state index >= 15 is 0 Å². The van der Waals surface area contributed by atoms with Crippen LogP contribution in [0.1, 0.15) is 26.2 Å². The Morgan fingerprint density at radius 1 is 0.870 bits per heavy atom. The summed E-state index contributed by atoms with van der Waals surface area (Å²) in [5.74, 6) is 0.802. The van der Waals surface area contributed by atoms with Crippen molar-refractivity contribution >= 4 is 18.5 Å². The second-order valence-corrected chi connectivity index (χ2v) is 9.34. The first kappa shape index (κ1) is 16.7. The molecule has 0 radical (unpaired) electrons. The molecule has 3 rings (SSSR count). The van der Waals surface area contributed by atoms with E-state index in [-0.39, 0.29) is 7.92 Å². The standard InChI is InChI=1S/C21H28NP/c1-17(22(2)3)20-15-10-16-21(20)23(18-11-6-4-7-12-18)19-13-8-5-9-14-19/h4-9,11-14,17,20-21H,10,15-16H2,1-3H3/t17-,20+,21?/m1/s1. The molecule has 23 heavy (non-hydrogen) atoms. The van der Waals surface area contributed by atoms with E-state index in [4.69, 9.17) is 0 Å². The van der Waals surface area contributed by atoms with Crippen LogP contribution in [-0.4, -0.2) is 30.7 Å². The Bertz CT molecular complexity index is 556. The van der Waals surface area contributed by atoms with Crippen LogP contribution in [0, 0.1) is 5.92 Å². The predicted molar refractivity (Wildman–Crippen MR) is 103 cm³/mol. The average Bonchev–Trinajstić information content (AvgIpc) is 3.05. The van der Waals surface area contributed by atoms with Crippen LogP contribution in [0.4, 0.5) is 0 Å². The minimum atomic E-state index is -0.275. The molecular formula is C21H28NP. The fraction of sp³-hybridized carbons (Fsp3) is 0.429. The maximum Gasteiger partial charge on any atom is 0.00953 e. The summed E-state index contributed by atoms with van der Waals surface area (Å²) in [5.41, 5.74) is 0.798. The monoisotopic (exact) mass is 325 g/mol. The van der Waals surface area contributed by atoms with Crippen LogP contribution in [0.15, 0.2) is 60.7 Å². The summed E-state index contributed by atoms with van der Waals surface area (Å²) >= 11 is 0. The van der Waals surface area contributed by atoms with Gasteiger partial charge in [-0.3, -0.25) is 0 Å². The van der Waals surface area contributed by atoms with Crippen LogP contribution in [0.3, 0.4) is 0 Å². The fourth-order valence-corrected chi connectivity index (χ4v) is 7.22. The van der Waals surface area contributed by atoms with Crippen LogP contribution < -0.4 is 10.6 Å². The molecule has 0 aliphatic heterocycles. The highest BCUT2D eigenvalue weighted by molar-refractivity contribution is 7.73. The van der Waals surface area contributed by atoms with Crippen molar-refractivity contribution in [1.29, 1.82) is 0 Å². The Kier molecular flexibility index (Phi) is 5.51. The highest BCUT2D eigenvalue weighted by Crippen LogP contribution is 2.51. The van der Waals surface area contributed by atoms with E-state index in [1.807, 2.05) is 0 Å². The third-order valence-corrected chi connectivity index (χ3v) is 8.38. The van der Waals surface area contributed by atoms with Crippen LogP contribution in [0.2, 0.25) is 0 Å². The lowest BCUT2D eigenvalue weighted by atomic mass is 9.98. The molecule has 2 heteroatoms. The number of benzene rings is 2. The molecule has 1 aliphatic carbocycles. The number of rotatable bonds is 5. The maximum atomic E-state index is 2.41. The van der Waals surface area contributed by atoms with Gasteiger partial charge in [0, 0.05) is 6.04 Å². The molecule has 1 unspecified atom stereocenters. The molecule has 0 bridgehead atoms. The smallest absolute Gasteiger partial charge is 0.00953 e. The van der Waals surface area contributed by atoms with Crippen molar-refractivity contribution in [1.82, 2.24) is 4.90 Å². The zero-order valence-electron chi connectivity index (χ0n) is 14.5. The van der Waals surface area contributed by atoms with Gasteiger partial charge in [0.05, 0.1) is 0 Å². The van der Waals surface area contributed by atoms with Gasteiger partial charge in [0.2, 0.25) is 0 Å². The van der Waals surface area contributed by atoms with E-state index in [0.29, 0.717) is 6.04 Å². The highest BCUT2D eigenvalue weighted by atomic mass is 31.1. The largest absolute Gasteiger partial charge is 0.306 e. The summed E-state index contributed by atoms with van der Waals surface area (Å²) in [6.07, 6.45) is 4.13. The average molecular weight is 325 g/mol. The summed E-state index contributed by atoms with van der Waals surface area (Å²) in [4.78, 5) is 2.41. The van der Waals surface area contributed by atoms with Gasteiger partial charge in [-0.2, -0.15) is 0 Å². The lowest BCUT2D eigenvalue weighted by Crippen LogP contribution is -2.38. The van der Waals surface area contributed by atoms with Gasteiger partial charge in [0.25, 0.3) is 0 Å². The molecule has 0 N–H and O–H groups in total. The Hall–Kier alpha value is -1.17. The molecular weight excluding hydrogens is 297 g/mol. The summed E-state index contributed by atoms with van der Waals surface area (Å²) < 4.78 is 0. The Balaban J connectivity index is 1.98. The van der Waals surface area contributed by atoms with Gasteiger partial charge < -0.3 is 4.90 Å². The first-order valence-corrected chi connectivity index (χ1v) is 10.2. The van der Waals surface area contributed by atoms with Crippen LogP contribution in [0.5, 0.6) is 0 Å². The predicted octanol–water partition coefficient (Wildman–Crippen LogP) is 4.24. The molecule has 0 heterocycles. The SMILES string of the molecule is C[C@H]([C@@H]1CCCC1P(c1ccccc1)c1ccccc1)N(C)C. The Labute approximate surface area is 142 Å². The van der Waals surface area contributed by atoms with E-state index in [9.17, 15) is 0 Å². The van der Waals surface area contributed by atoms with Crippen molar-refractivity contribution in [3.63, 3.8) is 0 Å². The van der Waals surface area contributed by atoms with Gasteiger partial charge in [0.1, 0.15) is 0 Å². The van der Waals surface area contributed by atoms with E-state index in [1.54, 1.807) is 0 Å². The van der Waals surface area contributed by atoms with Gasteiger partial charge in [-0.05, 0) is 64.0 Å². The van der Waals surface area contributed by atoms with E-state index in [0.717, 1.165) is 11.6 Å². The fourth-order valence-electron chi connectivity index (χ4n) is 3.94. The third-order valence-electron chi connectivity index (χ3n) is 5.37. The Morgan fingerprint density at radius 3 is 1.87 bits per heavy atom. The van der Waals surface area contributed by atoms with Crippen molar-refractivity contribution in [3.8, 4) is 0 Å². The van der Waals surface area contributed by atoms with Crippen molar-refractivity contribution in [3.05, 3.63) is 60.7 Å². The molecule has 1 fully saturated rings. The number of hydrogen-bond acceptors (Lipinski definition) is 1. The molecule has 1 aliphatic rings. The molecule has 3 atom stereocenters. The van der Waals surface area contributed by atoms with E-state index in [2.05, 4.69) is 86.6 Å². The minimum Gasteiger partial charge on any atom is -0.306 e. The van der Waals surface area contributed by atoms with Crippen molar-refractivity contribution in [2.75, 3.05) is 14.1 Å². The first-order chi connectivity index (χ1) is 11.2. The third kappa shape index (κ3) is 3.67. The Morgan fingerprint density at radius 2 is 1.39 bits per heavy atom. The topological polar surface area (TPSA) is 3.24 Å². The van der Waals surface area contributed by atoms with Gasteiger partial charge >= 0.3 is 0 Å². The molecule has 1 nitrogen and oxygen atoms in total. The summed E-state index contributed by atoms with van der Waals surface area (Å²) in [7, 11) is 4.18. The van der Waals surface area contributed by atoms with Crippen LogP contribution in [-0.2, 0) is 0 Å². The molecule has 122 valence electrons. The lowest BCUT2D eigenvalue weighted by Gasteiger charge is -2.36. The maximum absolute atomic E-state index is 2.41. The zero-order valence-corrected chi connectivity index (χ0v) is 15.4. The molecule has 2 aromatic rings. The van der Waals surface area contributed by atoms with E-state index in [1.165, 1.54) is 29.9 Å². The van der Waals surface area contributed by atoms with E-state index < -0.39 is 0 Å². The molecule has 1 saturated carbocycles. The molecule has 0 amide bonds. The van der Waals surface area contributed by atoms with Gasteiger partial charge in [-0.25, -0.2) is 0 Å². The van der Waals surface area contributed by atoms with Gasteiger partial charge in [-0.1, -0.05) is 67.1 Å². The second kappa shape index (κ2) is 7.60. The van der Waals surface area contributed by atoms with Gasteiger partial charge in [-0.15, -0.1) is 0 Å². The first-order valence-electron chi connectivity index (χ1n) is 8.74. The number of hydrogen-bond donors (Lipinski definition) is 0. The van der Waals surface area contributed by atoms with Gasteiger partial charge in [0.15, 0.2) is 0 Å². The van der Waals surface area contributed by atoms with Crippen molar-refractivity contribution in [2.45, 2.75) is 37.9 Å². The summed E-state index contributed by atoms with van der Waals surface area (Å²) in [5, 5.41) is 3.08. The molecule has 0 spiro atoms. The minimum absolute atomic E-state index is 0.275.